The van der Waals surface area contributed by atoms with Gasteiger partial charge in [-0.05, 0) is 11.6 Å². The minimum atomic E-state index is 0.849. The van der Waals surface area contributed by atoms with Crippen molar-refractivity contribution in [2.24, 2.45) is 0 Å². The zero-order chi connectivity index (χ0) is 11.8. The Bertz CT molecular complexity index is 382. The molecule has 0 aliphatic heterocycles. The van der Waals surface area contributed by atoms with Gasteiger partial charge >= 0.3 is 0 Å². The van der Waals surface area contributed by atoms with E-state index in [0.717, 1.165) is 21.2 Å². The van der Waals surface area contributed by atoms with Crippen molar-refractivity contribution in [3.8, 4) is 0 Å². The topological polar surface area (TPSA) is 12.0 Å². The molecule has 3 heteroatoms. The van der Waals surface area contributed by atoms with E-state index >= 15 is 0 Å². The average molecular weight is 249 g/mol. The first-order valence-electron chi connectivity index (χ1n) is 5.00. The van der Waals surface area contributed by atoms with E-state index in [1.54, 1.807) is 11.8 Å². The van der Waals surface area contributed by atoms with E-state index in [1.807, 2.05) is 49.5 Å². The molecule has 1 nitrogen and oxygen atoms in total. The predicted octanol–water partition coefficient (Wildman–Crippen LogP) is 3.38. The Morgan fingerprint density at radius 3 is 2.69 bits per heavy atom. The summed E-state index contributed by atoms with van der Waals surface area (Å²) in [5.74, 6) is 0.879. The van der Waals surface area contributed by atoms with Gasteiger partial charge in [-0.3, -0.25) is 0 Å². The highest BCUT2D eigenvalue weighted by Crippen LogP contribution is 2.14. The Balaban J connectivity index is 2.73. The van der Waals surface area contributed by atoms with Crippen LogP contribution in [0.25, 0.3) is 0 Å². The van der Waals surface area contributed by atoms with Gasteiger partial charge < -0.3 is 5.32 Å². The summed E-state index contributed by atoms with van der Waals surface area (Å²) in [5.41, 5.74) is 1.07. The Morgan fingerprint density at radius 2 is 2.12 bits per heavy atom. The number of rotatable bonds is 6. The molecule has 0 saturated heterocycles. The minimum Gasteiger partial charge on any atom is -0.383 e. The molecule has 0 spiro atoms. The molecule has 16 heavy (non-hydrogen) atoms. The summed E-state index contributed by atoms with van der Waals surface area (Å²) in [4.78, 5) is 0.849. The van der Waals surface area contributed by atoms with Gasteiger partial charge in [0.05, 0.1) is 5.03 Å². The van der Waals surface area contributed by atoms with E-state index in [-0.39, 0.29) is 0 Å². The van der Waals surface area contributed by atoms with Gasteiger partial charge in [0.2, 0.25) is 0 Å². The van der Waals surface area contributed by atoms with Gasteiger partial charge in [-0.25, -0.2) is 0 Å². The minimum absolute atomic E-state index is 0.849. The van der Waals surface area contributed by atoms with Crippen molar-refractivity contribution in [1.82, 2.24) is 5.32 Å². The number of thioether (sulfide) groups is 1. The maximum atomic E-state index is 5.36. The molecule has 84 valence electrons. The predicted molar refractivity (Wildman–Crippen MR) is 77.9 cm³/mol. The van der Waals surface area contributed by atoms with E-state index < -0.39 is 0 Å². The summed E-state index contributed by atoms with van der Waals surface area (Å²) in [6.45, 7) is 3.70. The maximum Gasteiger partial charge on any atom is 0.0696 e. The first-order valence-corrected chi connectivity index (χ1v) is 6.40. The zero-order valence-corrected chi connectivity index (χ0v) is 10.9. The lowest BCUT2D eigenvalue weighted by molar-refractivity contribution is 1.08. The van der Waals surface area contributed by atoms with Crippen LogP contribution in [-0.4, -0.2) is 17.7 Å². The van der Waals surface area contributed by atoms with Crippen molar-refractivity contribution in [2.75, 3.05) is 12.8 Å². The molecule has 0 radical (unpaired) electrons. The number of benzene rings is 1. The first kappa shape index (κ1) is 13.0. The third kappa shape index (κ3) is 4.21. The molecule has 0 amide bonds. The first-order chi connectivity index (χ1) is 7.77. The van der Waals surface area contributed by atoms with Gasteiger partial charge in [0.1, 0.15) is 0 Å². The summed E-state index contributed by atoms with van der Waals surface area (Å²) >= 11 is 7.05. The smallest absolute Gasteiger partial charge is 0.0696 e. The molecule has 1 aromatic rings. The summed E-state index contributed by atoms with van der Waals surface area (Å²) in [6.07, 6.45) is 3.86. The summed E-state index contributed by atoms with van der Waals surface area (Å²) in [5, 5.41) is 4.19. The van der Waals surface area contributed by atoms with Gasteiger partial charge in [-0.15, -0.1) is 18.3 Å². The molecule has 0 fully saturated rings. The van der Waals surface area contributed by atoms with Crippen LogP contribution in [-0.2, 0) is 0 Å². The quantitative estimate of drug-likeness (QED) is 0.359. The third-order valence-corrected chi connectivity index (χ3v) is 3.31. The van der Waals surface area contributed by atoms with Crippen molar-refractivity contribution < 1.29 is 0 Å². The van der Waals surface area contributed by atoms with E-state index in [0.29, 0.717) is 0 Å². The molecular formula is C13H15NS2. The van der Waals surface area contributed by atoms with E-state index in [2.05, 4.69) is 11.9 Å². The Labute approximate surface area is 107 Å². The molecule has 0 unspecified atom stereocenters. The van der Waals surface area contributed by atoms with E-state index in [4.69, 9.17) is 12.2 Å². The number of hydrogen-bond donors (Lipinski definition) is 1. The van der Waals surface area contributed by atoms with Crippen LogP contribution < -0.4 is 5.32 Å². The third-order valence-electron chi connectivity index (χ3n) is 1.92. The van der Waals surface area contributed by atoms with Crippen molar-refractivity contribution in [1.29, 1.82) is 0 Å². The van der Waals surface area contributed by atoms with E-state index in [9.17, 15) is 0 Å². The molecule has 1 aromatic carbocycles. The van der Waals surface area contributed by atoms with Gasteiger partial charge in [0.25, 0.3) is 0 Å². The number of nitrogens with one attached hydrogen (secondary N) is 1. The lowest BCUT2D eigenvalue weighted by Gasteiger charge is -2.05. The molecule has 1 N–H and O–H groups in total. The highest BCUT2D eigenvalue weighted by Gasteiger charge is 1.99. The SMILES string of the molecule is C=CCS/C(=C/C(=S)c1ccccc1)NC. The fraction of sp³-hybridized carbons (Fsp3) is 0.154. The fourth-order valence-electron chi connectivity index (χ4n) is 1.14. The summed E-state index contributed by atoms with van der Waals surface area (Å²) < 4.78 is 0. The van der Waals surface area contributed by atoms with E-state index in [1.165, 1.54) is 0 Å². The Hall–Kier alpha value is -1.06. The van der Waals surface area contributed by atoms with Crippen molar-refractivity contribution in [2.45, 2.75) is 0 Å². The monoisotopic (exact) mass is 249 g/mol. The van der Waals surface area contributed by atoms with Crippen LogP contribution >= 0.6 is 24.0 Å². The van der Waals surface area contributed by atoms with Crippen LogP contribution in [0.4, 0.5) is 0 Å². The van der Waals surface area contributed by atoms with Gasteiger partial charge in [0, 0.05) is 17.7 Å². The fourth-order valence-corrected chi connectivity index (χ4v) is 2.11. The van der Waals surface area contributed by atoms with Crippen LogP contribution in [0.5, 0.6) is 0 Å². The zero-order valence-electron chi connectivity index (χ0n) is 9.27. The summed E-state index contributed by atoms with van der Waals surface area (Å²) in [7, 11) is 1.90. The van der Waals surface area contributed by atoms with Crippen molar-refractivity contribution >= 4 is 28.8 Å². The van der Waals surface area contributed by atoms with Crippen LogP contribution in [0, 0.1) is 0 Å². The highest BCUT2D eigenvalue weighted by atomic mass is 32.2. The molecule has 0 aromatic heterocycles. The second-order valence-corrected chi connectivity index (χ2v) is 4.59. The van der Waals surface area contributed by atoms with Gasteiger partial charge in [-0.2, -0.15) is 0 Å². The molecule has 0 bridgehead atoms. The Morgan fingerprint density at radius 1 is 1.44 bits per heavy atom. The number of allylic oxidation sites excluding steroid dienone is 1. The van der Waals surface area contributed by atoms with Crippen LogP contribution in [0.15, 0.2) is 54.1 Å². The number of thiocarbonyl (C=S) groups is 1. The lowest BCUT2D eigenvalue weighted by Crippen LogP contribution is -2.05. The van der Waals surface area contributed by atoms with Gasteiger partial charge in [0.15, 0.2) is 0 Å². The van der Waals surface area contributed by atoms with Crippen LogP contribution in [0.2, 0.25) is 0 Å². The second-order valence-electron chi connectivity index (χ2n) is 3.09. The molecule has 0 aliphatic carbocycles. The molecular weight excluding hydrogens is 234 g/mol. The molecule has 0 heterocycles. The lowest BCUT2D eigenvalue weighted by atomic mass is 10.1. The normalized spacial score (nSPS) is 10.9. The van der Waals surface area contributed by atoms with Gasteiger partial charge in [-0.1, -0.05) is 48.6 Å². The number of hydrogen-bond acceptors (Lipinski definition) is 3. The standard InChI is InChI=1S/C13H15NS2/c1-3-9-16-13(14-2)10-12(15)11-7-5-4-6-8-11/h3-8,10,14H,1,9H2,2H3/b13-10+. The summed E-state index contributed by atoms with van der Waals surface area (Å²) in [6, 6.07) is 10.0. The van der Waals surface area contributed by atoms with Crippen molar-refractivity contribution in [3.63, 3.8) is 0 Å². The van der Waals surface area contributed by atoms with Crippen molar-refractivity contribution in [3.05, 3.63) is 59.7 Å². The second kappa shape index (κ2) is 7.25. The van der Waals surface area contributed by atoms with Crippen LogP contribution in [0.3, 0.4) is 0 Å². The Kier molecular flexibility index (Phi) is 5.90. The molecule has 0 saturated carbocycles. The molecule has 0 atom stereocenters. The largest absolute Gasteiger partial charge is 0.383 e. The molecule has 1 rings (SSSR count). The highest BCUT2D eigenvalue weighted by molar-refractivity contribution is 8.03. The van der Waals surface area contributed by atoms with Crippen LogP contribution in [0.1, 0.15) is 5.56 Å². The maximum absolute atomic E-state index is 5.36. The average Bonchev–Trinajstić information content (AvgIpc) is 2.35. The molecule has 0 aliphatic rings.